The molecular formula is C23H30ClN7O6S. The van der Waals surface area contributed by atoms with Gasteiger partial charge in [-0.05, 0) is 33.8 Å². The van der Waals surface area contributed by atoms with Crippen molar-refractivity contribution in [3.05, 3.63) is 35.5 Å². The van der Waals surface area contributed by atoms with Gasteiger partial charge in [0.2, 0.25) is 16.0 Å². The monoisotopic (exact) mass is 567 g/mol. The summed E-state index contributed by atoms with van der Waals surface area (Å²) < 4.78 is 54.5. The van der Waals surface area contributed by atoms with Crippen LogP contribution < -0.4 is 14.2 Å². The number of aromatic nitrogens is 6. The van der Waals surface area contributed by atoms with Crippen molar-refractivity contribution in [2.24, 2.45) is 0 Å². The summed E-state index contributed by atoms with van der Waals surface area (Å²) in [5, 5.41) is 7.69. The van der Waals surface area contributed by atoms with Crippen molar-refractivity contribution < 1.29 is 27.4 Å². The fraction of sp³-hybridized carbons (Fsp3) is 0.522. The van der Waals surface area contributed by atoms with Crippen LogP contribution >= 0.6 is 11.6 Å². The van der Waals surface area contributed by atoms with Crippen molar-refractivity contribution in [2.45, 2.75) is 51.2 Å². The standard InChI is InChI=1S/C23H30ClN7O6S/c1-6-35-22-19-17(7-8-25-22)21-28-29-23(31(21)16(11-34-5)12-36-19)30-38(32,33)14(4)18(37-13(2)3)20-26-9-15(24)10-27-20/h7-10,13-14,16,18H,6,11-12H2,1-5H3,(H,29,30)/t14?,16-,18?/m1/s1. The first kappa shape index (κ1) is 28.0. The van der Waals surface area contributed by atoms with Crippen molar-refractivity contribution in [3.63, 3.8) is 0 Å². The molecule has 4 rings (SSSR count). The van der Waals surface area contributed by atoms with Gasteiger partial charge in [-0.3, -0.25) is 9.29 Å². The molecule has 2 unspecified atom stereocenters. The molecule has 0 spiro atoms. The van der Waals surface area contributed by atoms with E-state index in [1.165, 1.54) is 19.3 Å². The maximum absolute atomic E-state index is 13.6. The molecule has 1 N–H and O–H groups in total. The highest BCUT2D eigenvalue weighted by Gasteiger charge is 2.37. The maximum Gasteiger partial charge on any atom is 0.257 e. The van der Waals surface area contributed by atoms with Crippen LogP contribution in [0.5, 0.6) is 11.6 Å². The Kier molecular flexibility index (Phi) is 8.65. The number of nitrogens with zero attached hydrogens (tertiary/aromatic N) is 6. The highest BCUT2D eigenvalue weighted by Crippen LogP contribution is 2.41. The van der Waals surface area contributed by atoms with Crippen LogP contribution in [0, 0.1) is 0 Å². The lowest BCUT2D eigenvalue weighted by Gasteiger charge is -2.26. The van der Waals surface area contributed by atoms with Crippen molar-refractivity contribution >= 4 is 27.6 Å². The number of methoxy groups -OCH3 is 1. The number of fused-ring (bicyclic) bond motifs is 3. The molecule has 0 bridgehead atoms. The quantitative estimate of drug-likeness (QED) is 0.363. The Morgan fingerprint density at radius 3 is 2.61 bits per heavy atom. The topological polar surface area (TPSA) is 152 Å². The predicted molar refractivity (Wildman–Crippen MR) is 139 cm³/mol. The summed E-state index contributed by atoms with van der Waals surface area (Å²) in [7, 11) is -2.55. The van der Waals surface area contributed by atoms with E-state index in [-0.39, 0.29) is 31.1 Å². The molecular weight excluding hydrogens is 538 g/mol. The normalized spacial score (nSPS) is 16.7. The van der Waals surface area contributed by atoms with Gasteiger partial charge in [0.15, 0.2) is 17.4 Å². The Hall–Kier alpha value is -3.07. The van der Waals surface area contributed by atoms with Gasteiger partial charge in [0.25, 0.3) is 5.88 Å². The largest absolute Gasteiger partial charge is 0.485 e. The summed E-state index contributed by atoms with van der Waals surface area (Å²) in [6.45, 7) is 7.68. The number of hydrogen-bond donors (Lipinski definition) is 1. The lowest BCUT2D eigenvalue weighted by atomic mass is 10.2. The van der Waals surface area contributed by atoms with Crippen LogP contribution in [-0.2, 0) is 19.5 Å². The second-order valence-electron chi connectivity index (χ2n) is 8.78. The maximum atomic E-state index is 13.6. The number of ether oxygens (including phenoxy) is 4. The molecule has 206 valence electrons. The molecule has 0 fully saturated rings. The van der Waals surface area contributed by atoms with E-state index >= 15 is 0 Å². The van der Waals surface area contributed by atoms with Crippen LogP contribution in [0.1, 0.15) is 45.7 Å². The van der Waals surface area contributed by atoms with Gasteiger partial charge in [-0.15, -0.1) is 10.2 Å². The number of hydrogen-bond acceptors (Lipinski definition) is 11. The Morgan fingerprint density at radius 1 is 1.21 bits per heavy atom. The van der Waals surface area contributed by atoms with E-state index < -0.39 is 27.4 Å². The molecule has 0 aromatic carbocycles. The zero-order chi connectivity index (χ0) is 27.4. The fourth-order valence-corrected chi connectivity index (χ4v) is 5.16. The SMILES string of the molecule is CCOc1nccc2c1OC[C@@H](COC)n1c(NS(=O)(=O)C(C)C(OC(C)C)c3ncc(Cl)cn3)nnc1-2. The zero-order valence-electron chi connectivity index (χ0n) is 21.7. The van der Waals surface area contributed by atoms with Crippen molar-refractivity contribution in [1.29, 1.82) is 0 Å². The molecule has 1 aliphatic rings. The number of anilines is 1. The van der Waals surface area contributed by atoms with Gasteiger partial charge in [-0.25, -0.2) is 23.4 Å². The Labute approximate surface area is 225 Å². The molecule has 3 aromatic rings. The van der Waals surface area contributed by atoms with Crippen LogP contribution in [0.2, 0.25) is 5.02 Å². The summed E-state index contributed by atoms with van der Waals surface area (Å²) in [6.07, 6.45) is 3.08. The molecule has 0 saturated heterocycles. The second-order valence-corrected chi connectivity index (χ2v) is 11.3. The van der Waals surface area contributed by atoms with Crippen LogP contribution in [-0.4, -0.2) is 76.4 Å². The van der Waals surface area contributed by atoms with Crippen LogP contribution in [0.3, 0.4) is 0 Å². The molecule has 0 radical (unpaired) electrons. The minimum atomic E-state index is -4.09. The molecule has 3 atom stereocenters. The van der Waals surface area contributed by atoms with Gasteiger partial charge in [-0.1, -0.05) is 11.6 Å². The molecule has 0 aliphatic carbocycles. The van der Waals surface area contributed by atoms with Gasteiger partial charge in [-0.2, -0.15) is 0 Å². The smallest absolute Gasteiger partial charge is 0.257 e. The Bertz CT molecular complexity index is 1350. The van der Waals surface area contributed by atoms with Crippen molar-refractivity contribution in [2.75, 3.05) is 31.7 Å². The third-order valence-corrected chi connectivity index (χ3v) is 7.59. The van der Waals surface area contributed by atoms with Crippen LogP contribution in [0.4, 0.5) is 5.95 Å². The highest BCUT2D eigenvalue weighted by atomic mass is 35.5. The zero-order valence-corrected chi connectivity index (χ0v) is 23.2. The number of nitrogens with one attached hydrogen (secondary N) is 1. The highest BCUT2D eigenvalue weighted by molar-refractivity contribution is 7.93. The number of pyridine rings is 1. The summed E-state index contributed by atoms with van der Waals surface area (Å²) in [4.78, 5) is 12.6. The van der Waals surface area contributed by atoms with Crippen LogP contribution in [0.25, 0.3) is 11.4 Å². The van der Waals surface area contributed by atoms with Crippen molar-refractivity contribution in [1.82, 2.24) is 29.7 Å². The number of sulfonamides is 1. The summed E-state index contributed by atoms with van der Waals surface area (Å²) in [5.41, 5.74) is 0.559. The lowest BCUT2D eigenvalue weighted by molar-refractivity contribution is 0.00154. The summed E-state index contributed by atoms with van der Waals surface area (Å²) >= 11 is 5.92. The first-order valence-electron chi connectivity index (χ1n) is 12.0. The minimum Gasteiger partial charge on any atom is -0.485 e. The van der Waals surface area contributed by atoms with E-state index in [4.69, 9.17) is 30.5 Å². The van der Waals surface area contributed by atoms with E-state index in [2.05, 4.69) is 29.9 Å². The van der Waals surface area contributed by atoms with Gasteiger partial charge in [0.1, 0.15) is 18.0 Å². The second kappa shape index (κ2) is 11.8. The van der Waals surface area contributed by atoms with Gasteiger partial charge in [0, 0.05) is 25.7 Å². The fourth-order valence-electron chi connectivity index (χ4n) is 3.97. The summed E-state index contributed by atoms with van der Waals surface area (Å²) in [6, 6.07) is 1.25. The van der Waals surface area contributed by atoms with E-state index in [0.29, 0.717) is 34.6 Å². The predicted octanol–water partition coefficient (Wildman–Crippen LogP) is 3.06. The molecule has 38 heavy (non-hydrogen) atoms. The molecule has 4 heterocycles. The molecule has 3 aromatic heterocycles. The van der Waals surface area contributed by atoms with E-state index in [0.717, 1.165) is 0 Å². The molecule has 0 amide bonds. The van der Waals surface area contributed by atoms with Gasteiger partial charge >= 0.3 is 0 Å². The Balaban J connectivity index is 1.72. The van der Waals surface area contributed by atoms with E-state index in [1.54, 1.807) is 37.8 Å². The van der Waals surface area contributed by atoms with Crippen LogP contribution in [0.15, 0.2) is 24.7 Å². The van der Waals surface area contributed by atoms with E-state index in [1.807, 2.05) is 6.92 Å². The molecule has 0 saturated carbocycles. The van der Waals surface area contributed by atoms with Crippen molar-refractivity contribution in [3.8, 4) is 23.0 Å². The molecule has 15 heteroatoms. The van der Waals surface area contributed by atoms with Gasteiger partial charge in [0.05, 0.1) is 35.9 Å². The first-order valence-corrected chi connectivity index (χ1v) is 13.9. The van der Waals surface area contributed by atoms with E-state index in [9.17, 15) is 8.42 Å². The third-order valence-electron chi connectivity index (χ3n) is 5.70. The average molecular weight is 568 g/mol. The average Bonchev–Trinajstić information content (AvgIpc) is 3.20. The molecule has 1 aliphatic heterocycles. The minimum absolute atomic E-state index is 0.000411. The van der Waals surface area contributed by atoms with Gasteiger partial charge < -0.3 is 18.9 Å². The number of rotatable bonds is 11. The summed E-state index contributed by atoms with van der Waals surface area (Å²) in [5.74, 6) is 1.28. The number of halogens is 1. The molecule has 13 nitrogen and oxygen atoms in total. The Morgan fingerprint density at radius 2 is 1.95 bits per heavy atom. The lowest BCUT2D eigenvalue weighted by Crippen LogP contribution is -2.35. The first-order chi connectivity index (χ1) is 18.2. The third kappa shape index (κ3) is 5.82.